The van der Waals surface area contributed by atoms with E-state index >= 15 is 0 Å². The Balaban J connectivity index is 2.05. The number of amides is 1. The lowest BCUT2D eigenvalue weighted by molar-refractivity contribution is -0.188. The molecule has 2 aliphatic rings. The summed E-state index contributed by atoms with van der Waals surface area (Å²) in [5.41, 5.74) is 0.949. The van der Waals surface area contributed by atoms with Crippen molar-refractivity contribution in [2.24, 2.45) is 17.8 Å². The topological polar surface area (TPSA) is 57.6 Å². The van der Waals surface area contributed by atoms with E-state index in [2.05, 4.69) is 6.92 Å². The first-order valence-corrected chi connectivity index (χ1v) is 7.46. The third kappa shape index (κ3) is 3.81. The summed E-state index contributed by atoms with van der Waals surface area (Å²) < 4.78 is 38.7. The number of carbonyl (C=O) groups is 2. The molecule has 2 fully saturated rings. The molecule has 0 aromatic rings. The van der Waals surface area contributed by atoms with Gasteiger partial charge < -0.3 is 10.0 Å². The zero-order valence-electron chi connectivity index (χ0n) is 12.4. The lowest BCUT2D eigenvalue weighted by Gasteiger charge is -2.21. The van der Waals surface area contributed by atoms with E-state index in [1.165, 1.54) is 6.08 Å². The number of allylic oxidation sites excluding steroid dienone is 1. The Kier molecular flexibility index (Phi) is 4.82. The molecule has 0 unspecified atom stereocenters. The molecule has 1 saturated heterocycles. The zero-order chi connectivity index (χ0) is 16.5. The highest BCUT2D eigenvalue weighted by Gasteiger charge is 2.53. The van der Waals surface area contributed by atoms with Gasteiger partial charge in [0.1, 0.15) is 0 Å². The van der Waals surface area contributed by atoms with Gasteiger partial charge in [0.05, 0.1) is 11.8 Å². The van der Waals surface area contributed by atoms with Crippen molar-refractivity contribution >= 4 is 11.9 Å². The number of nitrogens with zero attached hydrogens (tertiary/aromatic N) is 1. The molecular weight excluding hydrogens is 299 g/mol. The summed E-state index contributed by atoms with van der Waals surface area (Å²) in [5, 5.41) is 8.94. The van der Waals surface area contributed by atoms with E-state index in [4.69, 9.17) is 5.11 Å². The maximum atomic E-state index is 12.9. The number of carboxylic acid groups (broad SMARTS) is 1. The van der Waals surface area contributed by atoms with Crippen LogP contribution in [0.15, 0.2) is 11.6 Å². The summed E-state index contributed by atoms with van der Waals surface area (Å²) in [4.78, 5) is 24.1. The minimum Gasteiger partial charge on any atom is -0.481 e. The molecule has 1 amide bonds. The first-order valence-electron chi connectivity index (χ1n) is 7.46. The number of aliphatic carboxylic acids is 1. The highest BCUT2D eigenvalue weighted by molar-refractivity contribution is 5.89. The van der Waals surface area contributed by atoms with Crippen LogP contribution >= 0.6 is 0 Å². The minimum absolute atomic E-state index is 0.376. The number of carboxylic acids is 1. The van der Waals surface area contributed by atoms with Gasteiger partial charge in [-0.05, 0) is 31.6 Å². The molecule has 1 heterocycles. The second kappa shape index (κ2) is 6.30. The van der Waals surface area contributed by atoms with Crippen LogP contribution in [0.1, 0.15) is 32.6 Å². The number of hydrogen-bond acceptors (Lipinski definition) is 2. The van der Waals surface area contributed by atoms with E-state index in [1.54, 1.807) is 0 Å². The number of halogens is 3. The van der Waals surface area contributed by atoms with Gasteiger partial charge in [0.25, 0.3) is 0 Å². The van der Waals surface area contributed by atoms with Crippen molar-refractivity contribution < 1.29 is 27.9 Å². The van der Waals surface area contributed by atoms with E-state index in [-0.39, 0.29) is 6.54 Å². The van der Waals surface area contributed by atoms with E-state index in [0.29, 0.717) is 5.92 Å². The van der Waals surface area contributed by atoms with Gasteiger partial charge in [-0.3, -0.25) is 9.59 Å². The molecule has 2 atom stereocenters. The van der Waals surface area contributed by atoms with Crippen LogP contribution in [0.25, 0.3) is 0 Å². The van der Waals surface area contributed by atoms with Crippen molar-refractivity contribution in [3.63, 3.8) is 0 Å². The predicted octanol–water partition coefficient (Wildman–Crippen LogP) is 2.84. The van der Waals surface area contributed by atoms with Crippen molar-refractivity contribution in [1.29, 1.82) is 0 Å². The molecule has 1 aliphatic heterocycles. The maximum absolute atomic E-state index is 12.9. The number of carbonyl (C=O) groups excluding carboxylic acids is 1. The van der Waals surface area contributed by atoms with Gasteiger partial charge in [-0.15, -0.1) is 0 Å². The fraction of sp³-hybridized carbons (Fsp3) is 0.733. The molecule has 0 spiro atoms. The Morgan fingerprint density at radius 3 is 2.27 bits per heavy atom. The van der Waals surface area contributed by atoms with E-state index in [0.717, 1.165) is 36.2 Å². The zero-order valence-corrected chi connectivity index (χ0v) is 12.4. The Hall–Kier alpha value is -1.53. The van der Waals surface area contributed by atoms with E-state index in [9.17, 15) is 22.8 Å². The second-order valence-corrected chi connectivity index (χ2v) is 6.32. The Morgan fingerprint density at radius 2 is 1.82 bits per heavy atom. The van der Waals surface area contributed by atoms with Gasteiger partial charge in [0, 0.05) is 19.2 Å². The molecular formula is C15H20F3NO3. The van der Waals surface area contributed by atoms with Crippen LogP contribution in [-0.2, 0) is 9.59 Å². The summed E-state index contributed by atoms with van der Waals surface area (Å²) in [5.74, 6) is -4.96. The number of rotatable bonds is 2. The SMILES string of the molecule is CC1CCC(=CC(=O)N2C[C@@H](C(F)(F)F)[C@H](C(=O)O)C2)CC1. The Morgan fingerprint density at radius 1 is 1.23 bits per heavy atom. The fourth-order valence-corrected chi connectivity index (χ4v) is 3.11. The smallest absolute Gasteiger partial charge is 0.394 e. The van der Waals surface area contributed by atoms with Crippen molar-refractivity contribution in [3.05, 3.63) is 11.6 Å². The van der Waals surface area contributed by atoms with Crippen LogP contribution in [0.2, 0.25) is 0 Å². The number of likely N-dealkylation sites (tertiary alicyclic amines) is 1. The van der Waals surface area contributed by atoms with Crippen LogP contribution < -0.4 is 0 Å². The lowest BCUT2D eigenvalue weighted by Crippen LogP contribution is -2.34. The average molecular weight is 319 g/mol. The van der Waals surface area contributed by atoms with Crippen molar-refractivity contribution in [2.75, 3.05) is 13.1 Å². The molecule has 0 radical (unpaired) electrons. The Labute approximate surface area is 127 Å². The first-order chi connectivity index (χ1) is 10.2. The summed E-state index contributed by atoms with van der Waals surface area (Å²) >= 11 is 0. The highest BCUT2D eigenvalue weighted by Crippen LogP contribution is 2.38. The van der Waals surface area contributed by atoms with Crippen LogP contribution in [0, 0.1) is 17.8 Å². The molecule has 0 aromatic carbocycles. The molecule has 0 bridgehead atoms. The fourth-order valence-electron chi connectivity index (χ4n) is 3.11. The number of hydrogen-bond donors (Lipinski definition) is 1. The Bertz CT molecular complexity index is 477. The second-order valence-electron chi connectivity index (χ2n) is 6.32. The summed E-state index contributed by atoms with van der Waals surface area (Å²) in [6.45, 7) is 1.18. The van der Waals surface area contributed by atoms with Gasteiger partial charge in [-0.2, -0.15) is 13.2 Å². The van der Waals surface area contributed by atoms with Crippen molar-refractivity contribution in [3.8, 4) is 0 Å². The molecule has 2 rings (SSSR count). The third-order valence-electron chi connectivity index (χ3n) is 4.61. The van der Waals surface area contributed by atoms with Gasteiger partial charge in [0.2, 0.25) is 5.91 Å². The van der Waals surface area contributed by atoms with Gasteiger partial charge in [-0.25, -0.2) is 0 Å². The summed E-state index contributed by atoms with van der Waals surface area (Å²) in [7, 11) is 0. The van der Waals surface area contributed by atoms with Gasteiger partial charge in [0.15, 0.2) is 0 Å². The minimum atomic E-state index is -4.61. The molecule has 1 N–H and O–H groups in total. The molecule has 124 valence electrons. The molecule has 0 aromatic heterocycles. The molecule has 4 nitrogen and oxygen atoms in total. The monoisotopic (exact) mass is 319 g/mol. The molecule has 1 aliphatic carbocycles. The molecule has 1 saturated carbocycles. The predicted molar refractivity (Wildman–Crippen MR) is 73.0 cm³/mol. The summed E-state index contributed by atoms with van der Waals surface area (Å²) in [6.07, 6.45) is 0.316. The largest absolute Gasteiger partial charge is 0.481 e. The van der Waals surface area contributed by atoms with Crippen molar-refractivity contribution in [1.82, 2.24) is 4.90 Å². The molecule has 7 heteroatoms. The van der Waals surface area contributed by atoms with E-state index < -0.39 is 36.4 Å². The number of alkyl halides is 3. The third-order valence-corrected chi connectivity index (χ3v) is 4.61. The van der Waals surface area contributed by atoms with Crippen LogP contribution in [0.5, 0.6) is 0 Å². The molecule has 22 heavy (non-hydrogen) atoms. The quantitative estimate of drug-likeness (QED) is 0.796. The normalized spacial score (nSPS) is 29.5. The standard InChI is InChI=1S/C15H20F3NO3/c1-9-2-4-10(5-3-9)6-13(20)19-7-11(14(21)22)12(8-19)15(16,17)18/h6,9,11-12H,2-5,7-8H2,1H3,(H,21,22)/t9?,11-,12-/m1/s1. The van der Waals surface area contributed by atoms with Crippen LogP contribution in [0.4, 0.5) is 13.2 Å². The lowest BCUT2D eigenvalue weighted by atomic mass is 9.87. The summed E-state index contributed by atoms with van der Waals surface area (Å²) in [6, 6.07) is 0. The van der Waals surface area contributed by atoms with Crippen LogP contribution in [-0.4, -0.2) is 41.1 Å². The van der Waals surface area contributed by atoms with Crippen molar-refractivity contribution in [2.45, 2.75) is 38.8 Å². The first kappa shape index (κ1) is 16.8. The van der Waals surface area contributed by atoms with Crippen LogP contribution in [0.3, 0.4) is 0 Å². The van der Waals surface area contributed by atoms with Gasteiger partial charge >= 0.3 is 12.1 Å². The maximum Gasteiger partial charge on any atom is 0.394 e. The highest BCUT2D eigenvalue weighted by atomic mass is 19.4. The van der Waals surface area contributed by atoms with Gasteiger partial charge in [-0.1, -0.05) is 12.5 Å². The van der Waals surface area contributed by atoms with E-state index in [1.807, 2.05) is 0 Å². The average Bonchev–Trinajstić information content (AvgIpc) is 2.86.